The highest BCUT2D eigenvalue weighted by Gasteiger charge is 2.10. The number of phenolic OH excluding ortho intramolecular Hbond substituents is 1. The number of ether oxygens (including phenoxy) is 1. The first-order valence-electron chi connectivity index (χ1n) is 5.05. The summed E-state index contributed by atoms with van der Waals surface area (Å²) in [5.74, 6) is 0.0459. The Morgan fingerprint density at radius 2 is 2.24 bits per heavy atom. The van der Waals surface area contributed by atoms with Crippen LogP contribution < -0.4 is 5.32 Å². The van der Waals surface area contributed by atoms with Gasteiger partial charge in [-0.1, -0.05) is 15.9 Å². The lowest BCUT2D eigenvalue weighted by Gasteiger charge is -2.07. The van der Waals surface area contributed by atoms with Crippen molar-refractivity contribution in [3.05, 3.63) is 28.2 Å². The number of alkyl halides is 1. The molecule has 0 fully saturated rings. The second-order valence-corrected chi connectivity index (χ2v) is 4.51. The summed E-state index contributed by atoms with van der Waals surface area (Å²) in [6, 6.07) is 4.71. The molecular weight excluding hydrogens is 309 g/mol. The third-order valence-electron chi connectivity index (χ3n) is 1.96. The highest BCUT2D eigenvalue weighted by atomic mass is 79.9. The van der Waals surface area contributed by atoms with Crippen LogP contribution in [0, 0.1) is 0 Å². The Balaban J connectivity index is 2.42. The second-order valence-electron chi connectivity index (χ2n) is 3.22. The van der Waals surface area contributed by atoms with E-state index in [1.54, 1.807) is 12.1 Å². The standard InChI is InChI=1S/C11H13BrClNO3/c12-8-1-2-9(10(15)7-8)11(16)14-4-6-17-5-3-13/h1-2,7,15H,3-6H2,(H,14,16). The van der Waals surface area contributed by atoms with Crippen LogP contribution in [0.1, 0.15) is 10.4 Å². The molecule has 0 spiro atoms. The quantitative estimate of drug-likeness (QED) is 0.623. The van der Waals surface area contributed by atoms with E-state index < -0.39 is 0 Å². The van der Waals surface area contributed by atoms with Crippen molar-refractivity contribution in [3.8, 4) is 5.75 Å². The van der Waals surface area contributed by atoms with Gasteiger partial charge in [-0.2, -0.15) is 0 Å². The zero-order chi connectivity index (χ0) is 12.7. The number of carbonyl (C=O) groups is 1. The summed E-state index contributed by atoms with van der Waals surface area (Å²) in [7, 11) is 0. The first-order valence-corrected chi connectivity index (χ1v) is 6.38. The first-order chi connectivity index (χ1) is 8.15. The lowest BCUT2D eigenvalue weighted by molar-refractivity contribution is 0.0921. The van der Waals surface area contributed by atoms with Crippen molar-refractivity contribution in [2.24, 2.45) is 0 Å². The van der Waals surface area contributed by atoms with E-state index in [0.29, 0.717) is 25.6 Å². The number of phenols is 1. The van der Waals surface area contributed by atoms with E-state index in [-0.39, 0.29) is 17.2 Å². The maximum atomic E-state index is 11.6. The lowest BCUT2D eigenvalue weighted by Crippen LogP contribution is -2.27. The number of nitrogens with one attached hydrogen (secondary N) is 1. The summed E-state index contributed by atoms with van der Waals surface area (Å²) in [6.07, 6.45) is 0. The van der Waals surface area contributed by atoms with Gasteiger partial charge in [0.15, 0.2) is 0 Å². The minimum atomic E-state index is -0.329. The Morgan fingerprint density at radius 1 is 1.47 bits per heavy atom. The molecule has 94 valence electrons. The topological polar surface area (TPSA) is 58.6 Å². The van der Waals surface area contributed by atoms with Crippen molar-refractivity contribution >= 4 is 33.4 Å². The predicted octanol–water partition coefficient (Wildman–Crippen LogP) is 2.14. The van der Waals surface area contributed by atoms with Crippen LogP contribution in [0.2, 0.25) is 0 Å². The normalized spacial score (nSPS) is 10.2. The van der Waals surface area contributed by atoms with Crippen molar-refractivity contribution in [3.63, 3.8) is 0 Å². The van der Waals surface area contributed by atoms with Crippen LogP contribution in [0.3, 0.4) is 0 Å². The van der Waals surface area contributed by atoms with Gasteiger partial charge in [-0.05, 0) is 18.2 Å². The maximum absolute atomic E-state index is 11.6. The summed E-state index contributed by atoms with van der Waals surface area (Å²) >= 11 is 8.63. The SMILES string of the molecule is O=C(NCCOCCCl)c1ccc(Br)cc1O. The van der Waals surface area contributed by atoms with Gasteiger partial charge in [-0.3, -0.25) is 4.79 Å². The number of hydrogen-bond donors (Lipinski definition) is 2. The Morgan fingerprint density at radius 3 is 2.88 bits per heavy atom. The van der Waals surface area contributed by atoms with Crippen molar-refractivity contribution in [2.75, 3.05) is 25.6 Å². The van der Waals surface area contributed by atoms with Crippen molar-refractivity contribution in [1.82, 2.24) is 5.32 Å². The van der Waals surface area contributed by atoms with Gasteiger partial charge < -0.3 is 15.2 Å². The summed E-state index contributed by atoms with van der Waals surface area (Å²) in [6.45, 7) is 1.24. The smallest absolute Gasteiger partial charge is 0.255 e. The van der Waals surface area contributed by atoms with Gasteiger partial charge in [0, 0.05) is 16.9 Å². The Kier molecular flexibility index (Phi) is 6.32. The van der Waals surface area contributed by atoms with Crippen LogP contribution in [0.5, 0.6) is 5.75 Å². The highest BCUT2D eigenvalue weighted by Crippen LogP contribution is 2.21. The lowest BCUT2D eigenvalue weighted by atomic mass is 10.2. The molecule has 0 unspecified atom stereocenters. The summed E-state index contributed by atoms with van der Waals surface area (Å²) in [4.78, 5) is 11.6. The van der Waals surface area contributed by atoms with Gasteiger partial charge in [0.2, 0.25) is 0 Å². The van der Waals surface area contributed by atoms with E-state index in [0.717, 1.165) is 4.47 Å². The molecule has 1 aromatic carbocycles. The number of amides is 1. The number of rotatable bonds is 6. The molecule has 17 heavy (non-hydrogen) atoms. The van der Waals surface area contributed by atoms with Gasteiger partial charge in [0.25, 0.3) is 5.91 Å². The van der Waals surface area contributed by atoms with Gasteiger partial charge in [0.05, 0.1) is 18.8 Å². The van der Waals surface area contributed by atoms with Crippen LogP contribution in [0.25, 0.3) is 0 Å². The number of halogens is 2. The second kappa shape index (κ2) is 7.53. The summed E-state index contributed by atoms with van der Waals surface area (Å²) < 4.78 is 5.82. The molecule has 4 nitrogen and oxygen atoms in total. The molecule has 0 saturated carbocycles. The van der Waals surface area contributed by atoms with Crippen LogP contribution >= 0.6 is 27.5 Å². The zero-order valence-corrected chi connectivity index (χ0v) is 11.4. The number of hydrogen-bond acceptors (Lipinski definition) is 3. The Hall–Kier alpha value is -0.780. The van der Waals surface area contributed by atoms with Crippen molar-refractivity contribution in [2.45, 2.75) is 0 Å². The van der Waals surface area contributed by atoms with E-state index in [4.69, 9.17) is 16.3 Å². The summed E-state index contributed by atoms with van der Waals surface area (Å²) in [5, 5.41) is 12.2. The summed E-state index contributed by atoms with van der Waals surface area (Å²) in [5.41, 5.74) is 0.241. The zero-order valence-electron chi connectivity index (χ0n) is 9.08. The minimum absolute atomic E-state index is 0.0569. The van der Waals surface area contributed by atoms with Crippen LogP contribution in [-0.2, 0) is 4.74 Å². The molecule has 1 aromatic rings. The van der Waals surface area contributed by atoms with Gasteiger partial charge in [-0.25, -0.2) is 0 Å². The van der Waals surface area contributed by atoms with E-state index in [1.807, 2.05) is 0 Å². The molecule has 1 amide bonds. The van der Waals surface area contributed by atoms with E-state index in [9.17, 15) is 9.90 Å². The third kappa shape index (κ3) is 4.93. The van der Waals surface area contributed by atoms with Crippen LogP contribution in [0.15, 0.2) is 22.7 Å². The molecule has 0 aliphatic rings. The molecule has 0 aromatic heterocycles. The van der Waals surface area contributed by atoms with Gasteiger partial charge in [-0.15, -0.1) is 11.6 Å². The average molecular weight is 323 g/mol. The fraction of sp³-hybridized carbons (Fsp3) is 0.364. The van der Waals surface area contributed by atoms with Crippen molar-refractivity contribution < 1.29 is 14.6 Å². The van der Waals surface area contributed by atoms with Crippen LogP contribution in [0.4, 0.5) is 0 Å². The highest BCUT2D eigenvalue weighted by molar-refractivity contribution is 9.10. The minimum Gasteiger partial charge on any atom is -0.507 e. The third-order valence-corrected chi connectivity index (χ3v) is 2.61. The molecule has 0 atom stereocenters. The fourth-order valence-corrected chi connectivity index (χ4v) is 1.64. The molecule has 0 saturated heterocycles. The fourth-order valence-electron chi connectivity index (χ4n) is 1.19. The molecule has 0 radical (unpaired) electrons. The van der Waals surface area contributed by atoms with Crippen molar-refractivity contribution in [1.29, 1.82) is 0 Å². The number of carbonyl (C=O) groups excluding carboxylic acids is 1. The van der Waals surface area contributed by atoms with E-state index >= 15 is 0 Å². The molecule has 6 heteroatoms. The van der Waals surface area contributed by atoms with E-state index in [1.165, 1.54) is 6.07 Å². The molecule has 0 bridgehead atoms. The number of benzene rings is 1. The molecule has 1 rings (SSSR count). The molecule has 0 aliphatic carbocycles. The predicted molar refractivity (Wildman–Crippen MR) is 69.7 cm³/mol. The largest absolute Gasteiger partial charge is 0.507 e. The molecule has 2 N–H and O–H groups in total. The van der Waals surface area contributed by atoms with Gasteiger partial charge >= 0.3 is 0 Å². The van der Waals surface area contributed by atoms with Gasteiger partial charge in [0.1, 0.15) is 5.75 Å². The molecule has 0 aliphatic heterocycles. The molecule has 0 heterocycles. The Labute approximate surface area is 113 Å². The molecular formula is C11H13BrClNO3. The average Bonchev–Trinajstić information content (AvgIpc) is 2.28. The van der Waals surface area contributed by atoms with Crippen LogP contribution in [-0.4, -0.2) is 36.7 Å². The monoisotopic (exact) mass is 321 g/mol. The Bertz CT molecular complexity index is 387. The maximum Gasteiger partial charge on any atom is 0.255 e. The first kappa shape index (κ1) is 14.3. The number of aromatic hydroxyl groups is 1. The van der Waals surface area contributed by atoms with E-state index in [2.05, 4.69) is 21.2 Å².